The second kappa shape index (κ2) is 8.59. The molecule has 1 aliphatic rings. The Kier molecular flexibility index (Phi) is 7.46. The van der Waals surface area contributed by atoms with E-state index in [4.69, 9.17) is 22.1 Å². The standard InChI is InChI=1S/C15H21ClN2O2.ClH/c1-20-13-6-7-18(12(9-13)10-17)15(19)8-11-4-2-3-5-14(11)16;/h2-5,12-13H,6-10,17H2,1H3;1H. The summed E-state index contributed by atoms with van der Waals surface area (Å²) in [6, 6.07) is 7.51. The number of nitrogens with zero attached hydrogens (tertiary/aromatic N) is 1. The lowest BCUT2D eigenvalue weighted by Gasteiger charge is -2.38. The molecule has 1 aliphatic heterocycles. The van der Waals surface area contributed by atoms with Crippen LogP contribution in [0.4, 0.5) is 0 Å². The van der Waals surface area contributed by atoms with Gasteiger partial charge in [0.15, 0.2) is 0 Å². The second-order valence-corrected chi connectivity index (χ2v) is 5.53. The molecule has 0 aliphatic carbocycles. The number of methoxy groups -OCH3 is 1. The first-order chi connectivity index (χ1) is 9.65. The highest BCUT2D eigenvalue weighted by Crippen LogP contribution is 2.22. The maximum absolute atomic E-state index is 12.5. The maximum atomic E-state index is 12.5. The van der Waals surface area contributed by atoms with Gasteiger partial charge >= 0.3 is 0 Å². The maximum Gasteiger partial charge on any atom is 0.227 e. The summed E-state index contributed by atoms with van der Waals surface area (Å²) in [7, 11) is 1.71. The van der Waals surface area contributed by atoms with E-state index in [1.807, 2.05) is 29.2 Å². The fraction of sp³-hybridized carbons (Fsp3) is 0.533. The van der Waals surface area contributed by atoms with Crippen LogP contribution >= 0.6 is 24.0 Å². The monoisotopic (exact) mass is 332 g/mol. The normalized spacial score (nSPS) is 21.8. The smallest absolute Gasteiger partial charge is 0.227 e. The number of piperidine rings is 1. The molecule has 1 aromatic rings. The number of rotatable bonds is 4. The number of likely N-dealkylation sites (tertiary alicyclic amines) is 1. The van der Waals surface area contributed by atoms with E-state index in [1.165, 1.54) is 0 Å². The molecule has 2 rings (SSSR count). The van der Waals surface area contributed by atoms with Crippen molar-refractivity contribution in [1.29, 1.82) is 0 Å². The van der Waals surface area contributed by atoms with Crippen molar-refractivity contribution in [3.63, 3.8) is 0 Å². The van der Waals surface area contributed by atoms with E-state index in [2.05, 4.69) is 0 Å². The van der Waals surface area contributed by atoms with Gasteiger partial charge in [-0.3, -0.25) is 4.79 Å². The molecule has 0 saturated carbocycles. The third-order valence-corrected chi connectivity index (χ3v) is 4.26. The van der Waals surface area contributed by atoms with Crippen LogP contribution in [0.5, 0.6) is 0 Å². The fourth-order valence-corrected chi connectivity index (χ4v) is 2.89. The van der Waals surface area contributed by atoms with Crippen molar-refractivity contribution in [2.45, 2.75) is 31.4 Å². The number of amides is 1. The number of benzene rings is 1. The topological polar surface area (TPSA) is 55.6 Å². The van der Waals surface area contributed by atoms with Gasteiger partial charge in [-0.15, -0.1) is 12.4 Å². The van der Waals surface area contributed by atoms with Crippen LogP contribution in [0, 0.1) is 0 Å². The van der Waals surface area contributed by atoms with Crippen LogP contribution in [0.1, 0.15) is 18.4 Å². The third kappa shape index (κ3) is 4.58. The second-order valence-electron chi connectivity index (χ2n) is 5.13. The highest BCUT2D eigenvalue weighted by molar-refractivity contribution is 6.31. The van der Waals surface area contributed by atoms with Gasteiger partial charge in [-0.1, -0.05) is 29.8 Å². The van der Waals surface area contributed by atoms with Crippen molar-refractivity contribution in [2.24, 2.45) is 5.73 Å². The lowest BCUT2D eigenvalue weighted by Crippen LogP contribution is -2.51. The molecule has 0 bridgehead atoms. The van der Waals surface area contributed by atoms with Gasteiger partial charge in [-0.25, -0.2) is 0 Å². The summed E-state index contributed by atoms with van der Waals surface area (Å²) in [6.45, 7) is 1.16. The zero-order valence-electron chi connectivity index (χ0n) is 12.1. The van der Waals surface area contributed by atoms with Gasteiger partial charge in [0.2, 0.25) is 5.91 Å². The number of carbonyl (C=O) groups is 1. The molecule has 2 N–H and O–H groups in total. The average molecular weight is 333 g/mol. The van der Waals surface area contributed by atoms with Crippen molar-refractivity contribution >= 4 is 29.9 Å². The van der Waals surface area contributed by atoms with Crippen molar-refractivity contribution in [2.75, 3.05) is 20.2 Å². The highest BCUT2D eigenvalue weighted by atomic mass is 35.5. The summed E-state index contributed by atoms with van der Waals surface area (Å²) in [6.07, 6.45) is 2.20. The molecule has 1 saturated heterocycles. The van der Waals surface area contributed by atoms with Gasteiger partial charge in [-0.05, 0) is 24.5 Å². The van der Waals surface area contributed by atoms with Crippen molar-refractivity contribution < 1.29 is 9.53 Å². The first kappa shape index (κ1) is 18.2. The summed E-state index contributed by atoms with van der Waals surface area (Å²) in [4.78, 5) is 14.3. The Hall–Kier alpha value is -0.810. The number of hydrogen-bond acceptors (Lipinski definition) is 3. The lowest BCUT2D eigenvalue weighted by atomic mass is 9.98. The molecular formula is C15H22Cl2N2O2. The van der Waals surface area contributed by atoms with Crippen LogP contribution in [-0.2, 0) is 16.0 Å². The minimum Gasteiger partial charge on any atom is -0.381 e. The molecule has 0 spiro atoms. The summed E-state index contributed by atoms with van der Waals surface area (Å²) in [5.41, 5.74) is 6.66. The number of nitrogens with two attached hydrogens (primary N) is 1. The Morgan fingerprint density at radius 1 is 1.48 bits per heavy atom. The quantitative estimate of drug-likeness (QED) is 0.920. The molecule has 21 heavy (non-hydrogen) atoms. The Bertz CT molecular complexity index is 471. The van der Waals surface area contributed by atoms with Crippen LogP contribution in [0.3, 0.4) is 0 Å². The molecule has 4 nitrogen and oxygen atoms in total. The van der Waals surface area contributed by atoms with Gasteiger partial charge in [-0.2, -0.15) is 0 Å². The molecule has 2 atom stereocenters. The fourth-order valence-electron chi connectivity index (χ4n) is 2.69. The largest absolute Gasteiger partial charge is 0.381 e. The predicted molar refractivity (Wildman–Crippen MR) is 87.0 cm³/mol. The number of carbonyl (C=O) groups excluding carboxylic acids is 1. The molecule has 6 heteroatoms. The van der Waals surface area contributed by atoms with Crippen LogP contribution in [0.15, 0.2) is 24.3 Å². The Morgan fingerprint density at radius 2 is 2.19 bits per heavy atom. The highest BCUT2D eigenvalue weighted by Gasteiger charge is 2.30. The third-order valence-electron chi connectivity index (χ3n) is 3.89. The van der Waals surface area contributed by atoms with Crippen LogP contribution in [0.2, 0.25) is 5.02 Å². The number of halogens is 2. The summed E-state index contributed by atoms with van der Waals surface area (Å²) in [5, 5.41) is 0.636. The molecule has 118 valence electrons. The van der Waals surface area contributed by atoms with E-state index < -0.39 is 0 Å². The van der Waals surface area contributed by atoms with E-state index in [0.29, 0.717) is 24.5 Å². The molecule has 1 fully saturated rings. The van der Waals surface area contributed by atoms with E-state index in [9.17, 15) is 4.79 Å². The van der Waals surface area contributed by atoms with Gasteiger partial charge in [0.05, 0.1) is 12.5 Å². The molecule has 0 aromatic heterocycles. The molecule has 0 radical (unpaired) electrons. The molecule has 1 aromatic carbocycles. The summed E-state index contributed by atoms with van der Waals surface area (Å²) >= 11 is 6.11. The number of ether oxygens (including phenoxy) is 1. The zero-order chi connectivity index (χ0) is 14.5. The van der Waals surface area contributed by atoms with Crippen molar-refractivity contribution in [3.8, 4) is 0 Å². The van der Waals surface area contributed by atoms with Gasteiger partial charge in [0.1, 0.15) is 0 Å². The van der Waals surface area contributed by atoms with E-state index in [0.717, 1.165) is 18.4 Å². The minimum absolute atomic E-state index is 0. The first-order valence-electron chi connectivity index (χ1n) is 6.91. The van der Waals surface area contributed by atoms with Crippen molar-refractivity contribution in [3.05, 3.63) is 34.9 Å². The SMILES string of the molecule is COC1CCN(C(=O)Cc2ccccc2Cl)C(CN)C1.Cl. The van der Waals surface area contributed by atoms with Crippen LogP contribution in [0.25, 0.3) is 0 Å². The minimum atomic E-state index is 0. The summed E-state index contributed by atoms with van der Waals surface area (Å²) in [5.74, 6) is 0.0862. The Morgan fingerprint density at radius 3 is 2.81 bits per heavy atom. The first-order valence-corrected chi connectivity index (χ1v) is 7.29. The van der Waals surface area contributed by atoms with Crippen LogP contribution < -0.4 is 5.73 Å². The summed E-state index contributed by atoms with van der Waals surface area (Å²) < 4.78 is 5.37. The van der Waals surface area contributed by atoms with E-state index in [-0.39, 0.29) is 30.5 Å². The Labute approximate surface area is 137 Å². The van der Waals surface area contributed by atoms with Crippen LogP contribution in [-0.4, -0.2) is 43.2 Å². The Balaban J connectivity index is 0.00000220. The molecular weight excluding hydrogens is 311 g/mol. The molecule has 1 amide bonds. The zero-order valence-corrected chi connectivity index (χ0v) is 13.7. The predicted octanol–water partition coefficient (Wildman–Crippen LogP) is 2.27. The van der Waals surface area contributed by atoms with E-state index >= 15 is 0 Å². The van der Waals surface area contributed by atoms with Gasteiger partial charge in [0, 0.05) is 31.3 Å². The molecule has 1 heterocycles. The molecule has 2 unspecified atom stereocenters. The lowest BCUT2D eigenvalue weighted by molar-refractivity contribution is -0.136. The van der Waals surface area contributed by atoms with Gasteiger partial charge in [0.25, 0.3) is 0 Å². The average Bonchev–Trinajstić information content (AvgIpc) is 2.48. The van der Waals surface area contributed by atoms with Crippen molar-refractivity contribution in [1.82, 2.24) is 4.90 Å². The number of hydrogen-bond donors (Lipinski definition) is 1. The van der Waals surface area contributed by atoms with Gasteiger partial charge < -0.3 is 15.4 Å². The van der Waals surface area contributed by atoms with E-state index in [1.54, 1.807) is 7.11 Å².